The van der Waals surface area contributed by atoms with E-state index in [2.05, 4.69) is 5.32 Å². The van der Waals surface area contributed by atoms with Crippen LogP contribution in [0.2, 0.25) is 0 Å². The Bertz CT molecular complexity index is 533. The first kappa shape index (κ1) is 15.4. The Hall–Kier alpha value is -1.95. The van der Waals surface area contributed by atoms with Crippen LogP contribution in [0, 0.1) is 5.82 Å². The number of carbonyl (C=O) groups is 2. The van der Waals surface area contributed by atoms with Gasteiger partial charge in [-0.3, -0.25) is 9.59 Å². The Kier molecular flexibility index (Phi) is 4.90. The molecule has 6 heteroatoms. The second-order valence-corrected chi connectivity index (χ2v) is 5.61. The smallest absolute Gasteiger partial charge is 0.234 e. The maximum atomic E-state index is 13.1. The van der Waals surface area contributed by atoms with Crippen LogP contribution in [0.25, 0.3) is 0 Å². The molecule has 1 atom stereocenters. The Balaban J connectivity index is 1.89. The van der Waals surface area contributed by atoms with Crippen molar-refractivity contribution in [2.75, 3.05) is 27.2 Å². The molecule has 1 aliphatic heterocycles. The number of benzene rings is 1. The molecule has 5 nitrogen and oxygen atoms in total. The van der Waals surface area contributed by atoms with Gasteiger partial charge in [0, 0.05) is 19.5 Å². The molecule has 0 bridgehead atoms. The number of likely N-dealkylation sites (N-methyl/N-ethyl adjacent to an activating group) is 1. The van der Waals surface area contributed by atoms with E-state index < -0.39 is 0 Å². The van der Waals surface area contributed by atoms with Crippen molar-refractivity contribution in [3.63, 3.8) is 0 Å². The Labute approximate surface area is 123 Å². The first-order chi connectivity index (χ1) is 9.94. The zero-order valence-electron chi connectivity index (χ0n) is 12.3. The van der Waals surface area contributed by atoms with E-state index in [1.165, 1.54) is 12.1 Å². The van der Waals surface area contributed by atoms with Crippen LogP contribution >= 0.6 is 0 Å². The lowest BCUT2D eigenvalue weighted by Gasteiger charge is -2.18. The summed E-state index contributed by atoms with van der Waals surface area (Å²) in [5.41, 5.74) is 0.753. The highest BCUT2D eigenvalue weighted by atomic mass is 19.1. The van der Waals surface area contributed by atoms with Gasteiger partial charge in [-0.25, -0.2) is 4.39 Å². The zero-order chi connectivity index (χ0) is 15.4. The maximum absolute atomic E-state index is 13.1. The van der Waals surface area contributed by atoms with Crippen molar-refractivity contribution in [1.29, 1.82) is 0 Å². The molecule has 0 spiro atoms. The summed E-state index contributed by atoms with van der Waals surface area (Å²) in [5, 5.41) is 2.85. The number of halogens is 1. The van der Waals surface area contributed by atoms with E-state index in [-0.39, 0.29) is 23.7 Å². The highest BCUT2D eigenvalue weighted by Crippen LogP contribution is 2.15. The second kappa shape index (κ2) is 6.67. The van der Waals surface area contributed by atoms with Gasteiger partial charge < -0.3 is 15.1 Å². The van der Waals surface area contributed by atoms with E-state index >= 15 is 0 Å². The predicted octanol–water partition coefficient (Wildman–Crippen LogP) is 0.604. The summed E-state index contributed by atoms with van der Waals surface area (Å²) in [4.78, 5) is 27.1. The predicted molar refractivity (Wildman–Crippen MR) is 76.9 cm³/mol. The largest absolute Gasteiger partial charge is 0.350 e. The quantitative estimate of drug-likeness (QED) is 0.865. The van der Waals surface area contributed by atoms with Crippen molar-refractivity contribution in [2.24, 2.45) is 0 Å². The van der Waals surface area contributed by atoms with Gasteiger partial charge >= 0.3 is 0 Å². The van der Waals surface area contributed by atoms with E-state index in [0.717, 1.165) is 5.56 Å². The Morgan fingerprint density at radius 2 is 2.24 bits per heavy atom. The summed E-state index contributed by atoms with van der Waals surface area (Å²) >= 11 is 0. The van der Waals surface area contributed by atoms with Crippen molar-refractivity contribution in [2.45, 2.75) is 19.0 Å². The van der Waals surface area contributed by atoms with Crippen LogP contribution < -0.4 is 5.32 Å². The number of nitrogens with zero attached hydrogens (tertiary/aromatic N) is 2. The second-order valence-electron chi connectivity index (χ2n) is 5.61. The molecule has 1 N–H and O–H groups in total. The molecule has 21 heavy (non-hydrogen) atoms. The van der Waals surface area contributed by atoms with E-state index in [1.807, 2.05) is 14.1 Å². The number of amides is 2. The summed E-state index contributed by atoms with van der Waals surface area (Å²) in [5.74, 6) is -0.421. The number of hydrogen-bond acceptors (Lipinski definition) is 3. The van der Waals surface area contributed by atoms with Crippen LogP contribution in [-0.4, -0.2) is 54.8 Å². The SMILES string of the molecule is CN(C)CC(=O)N[C@H]1CC(=O)N(Cc2cccc(F)c2)C1. The molecular weight excluding hydrogens is 273 g/mol. The molecule has 1 aromatic carbocycles. The van der Waals surface area contributed by atoms with Crippen LogP contribution in [0.5, 0.6) is 0 Å². The van der Waals surface area contributed by atoms with E-state index in [4.69, 9.17) is 0 Å². The molecular formula is C15H20FN3O2. The van der Waals surface area contributed by atoms with Gasteiger partial charge in [-0.05, 0) is 31.8 Å². The van der Waals surface area contributed by atoms with Gasteiger partial charge in [0.2, 0.25) is 11.8 Å². The lowest BCUT2D eigenvalue weighted by atomic mass is 10.2. The number of nitrogens with one attached hydrogen (secondary N) is 1. The molecule has 1 fully saturated rings. The fourth-order valence-electron chi connectivity index (χ4n) is 2.44. The summed E-state index contributed by atoms with van der Waals surface area (Å²) in [6.45, 7) is 1.14. The highest BCUT2D eigenvalue weighted by Gasteiger charge is 2.30. The third-order valence-corrected chi connectivity index (χ3v) is 3.30. The van der Waals surface area contributed by atoms with Crippen LogP contribution in [0.1, 0.15) is 12.0 Å². The Morgan fingerprint density at radius 3 is 2.90 bits per heavy atom. The normalized spacial score (nSPS) is 18.4. The van der Waals surface area contributed by atoms with Crippen LogP contribution in [-0.2, 0) is 16.1 Å². The molecule has 0 aromatic heterocycles. The zero-order valence-corrected chi connectivity index (χ0v) is 12.3. The molecule has 2 rings (SSSR count). The minimum atomic E-state index is -0.310. The number of rotatable bonds is 5. The molecule has 1 aromatic rings. The van der Waals surface area contributed by atoms with Gasteiger partial charge in [0.05, 0.1) is 12.6 Å². The van der Waals surface area contributed by atoms with Crippen molar-refractivity contribution in [3.8, 4) is 0 Å². The average molecular weight is 293 g/mol. The van der Waals surface area contributed by atoms with Crippen molar-refractivity contribution in [3.05, 3.63) is 35.6 Å². The summed E-state index contributed by atoms with van der Waals surface area (Å²) in [6, 6.07) is 6.04. The fraction of sp³-hybridized carbons (Fsp3) is 0.467. The Morgan fingerprint density at radius 1 is 1.48 bits per heavy atom. The van der Waals surface area contributed by atoms with Gasteiger partial charge in [0.25, 0.3) is 0 Å². The summed E-state index contributed by atoms with van der Waals surface area (Å²) < 4.78 is 13.1. The third-order valence-electron chi connectivity index (χ3n) is 3.30. The van der Waals surface area contributed by atoms with E-state index in [9.17, 15) is 14.0 Å². The molecule has 2 amide bonds. The van der Waals surface area contributed by atoms with E-state index in [1.54, 1.807) is 21.9 Å². The first-order valence-corrected chi connectivity index (χ1v) is 6.90. The summed E-state index contributed by atoms with van der Waals surface area (Å²) in [6.07, 6.45) is 0.300. The molecule has 1 heterocycles. The molecule has 114 valence electrons. The van der Waals surface area contributed by atoms with E-state index in [0.29, 0.717) is 26.1 Å². The van der Waals surface area contributed by atoms with Gasteiger partial charge in [0.15, 0.2) is 0 Å². The number of likely N-dealkylation sites (tertiary alicyclic amines) is 1. The molecule has 0 aliphatic carbocycles. The third kappa shape index (κ3) is 4.53. The number of carbonyl (C=O) groups excluding carboxylic acids is 2. The minimum absolute atomic E-state index is 0.0191. The van der Waals surface area contributed by atoms with Crippen molar-refractivity contribution in [1.82, 2.24) is 15.1 Å². The van der Waals surface area contributed by atoms with Gasteiger partial charge in [0.1, 0.15) is 5.82 Å². The maximum Gasteiger partial charge on any atom is 0.234 e. The lowest BCUT2D eigenvalue weighted by molar-refractivity contribution is -0.128. The van der Waals surface area contributed by atoms with Crippen molar-refractivity contribution < 1.29 is 14.0 Å². The first-order valence-electron chi connectivity index (χ1n) is 6.90. The van der Waals surface area contributed by atoms with Gasteiger partial charge in [-0.1, -0.05) is 12.1 Å². The van der Waals surface area contributed by atoms with Gasteiger partial charge in [-0.15, -0.1) is 0 Å². The van der Waals surface area contributed by atoms with Gasteiger partial charge in [-0.2, -0.15) is 0 Å². The molecule has 1 aliphatic rings. The minimum Gasteiger partial charge on any atom is -0.350 e. The molecule has 0 saturated carbocycles. The lowest BCUT2D eigenvalue weighted by Crippen LogP contribution is -2.41. The topological polar surface area (TPSA) is 52.7 Å². The standard InChI is InChI=1S/C15H20FN3O2/c1-18(2)10-14(20)17-13-7-15(21)19(9-13)8-11-4-3-5-12(16)6-11/h3-6,13H,7-10H2,1-2H3,(H,17,20)/t13-/m0/s1. The monoisotopic (exact) mass is 293 g/mol. The highest BCUT2D eigenvalue weighted by molar-refractivity contribution is 5.83. The average Bonchev–Trinajstić information content (AvgIpc) is 2.68. The van der Waals surface area contributed by atoms with Crippen LogP contribution in [0.4, 0.5) is 4.39 Å². The van der Waals surface area contributed by atoms with Crippen molar-refractivity contribution >= 4 is 11.8 Å². The summed E-state index contributed by atoms with van der Waals surface area (Å²) in [7, 11) is 3.63. The van der Waals surface area contributed by atoms with Crippen LogP contribution in [0.3, 0.4) is 0 Å². The fourth-order valence-corrected chi connectivity index (χ4v) is 2.44. The van der Waals surface area contributed by atoms with Crippen LogP contribution in [0.15, 0.2) is 24.3 Å². The number of hydrogen-bond donors (Lipinski definition) is 1. The molecule has 1 saturated heterocycles. The molecule has 0 radical (unpaired) electrons. The molecule has 0 unspecified atom stereocenters.